The molecule has 8 heteroatoms. The SMILES string of the molecule is CN(Cc1cnn(C)c1)C(=O)NCC(C)(O)C(=O)O. The maximum atomic E-state index is 11.7. The van der Waals surface area contributed by atoms with E-state index in [1.165, 1.54) is 4.90 Å². The van der Waals surface area contributed by atoms with Crippen LogP contribution in [0, 0.1) is 0 Å². The van der Waals surface area contributed by atoms with Gasteiger partial charge in [0.25, 0.3) is 0 Å². The van der Waals surface area contributed by atoms with Gasteiger partial charge in [-0.15, -0.1) is 0 Å². The summed E-state index contributed by atoms with van der Waals surface area (Å²) < 4.78 is 1.62. The van der Waals surface area contributed by atoms with E-state index >= 15 is 0 Å². The molecule has 0 bridgehead atoms. The van der Waals surface area contributed by atoms with Crippen LogP contribution >= 0.6 is 0 Å². The van der Waals surface area contributed by atoms with Gasteiger partial charge < -0.3 is 20.4 Å². The summed E-state index contributed by atoms with van der Waals surface area (Å²) in [6.45, 7) is 1.10. The molecule has 0 saturated heterocycles. The number of nitrogens with one attached hydrogen (secondary N) is 1. The van der Waals surface area contributed by atoms with E-state index in [0.29, 0.717) is 6.54 Å². The molecule has 0 radical (unpaired) electrons. The summed E-state index contributed by atoms with van der Waals surface area (Å²) >= 11 is 0. The number of aryl methyl sites for hydroxylation is 1. The summed E-state index contributed by atoms with van der Waals surface area (Å²) in [5, 5.41) is 24.5. The standard InChI is InChI=1S/C11H18N4O4/c1-11(19,9(16)17)7-12-10(18)14(2)5-8-4-13-15(3)6-8/h4,6,19H,5,7H2,1-3H3,(H,12,18)(H,16,17). The minimum absolute atomic E-state index is 0.342. The van der Waals surface area contributed by atoms with Crippen molar-refractivity contribution in [2.24, 2.45) is 7.05 Å². The number of aliphatic hydroxyl groups is 1. The molecule has 0 aliphatic rings. The van der Waals surface area contributed by atoms with Crippen LogP contribution in [0.5, 0.6) is 0 Å². The van der Waals surface area contributed by atoms with E-state index in [2.05, 4.69) is 10.4 Å². The third kappa shape index (κ3) is 4.25. The number of carbonyl (C=O) groups is 2. The lowest BCUT2D eigenvalue weighted by Gasteiger charge is -2.22. The van der Waals surface area contributed by atoms with Crippen LogP contribution in [-0.4, -0.2) is 56.1 Å². The average Bonchev–Trinajstić information content (AvgIpc) is 2.71. The monoisotopic (exact) mass is 270 g/mol. The normalized spacial score (nSPS) is 13.7. The minimum atomic E-state index is -1.98. The molecule has 1 rings (SSSR count). The van der Waals surface area contributed by atoms with Crippen molar-refractivity contribution in [3.8, 4) is 0 Å². The number of nitrogens with zero attached hydrogens (tertiary/aromatic N) is 3. The molecule has 19 heavy (non-hydrogen) atoms. The summed E-state index contributed by atoms with van der Waals surface area (Å²) in [6, 6.07) is -0.467. The zero-order valence-electron chi connectivity index (χ0n) is 11.1. The predicted octanol–water partition coefficient (Wildman–Crippen LogP) is -0.603. The second-order valence-corrected chi connectivity index (χ2v) is 4.62. The highest BCUT2D eigenvalue weighted by molar-refractivity contribution is 5.79. The molecule has 0 spiro atoms. The summed E-state index contributed by atoms with van der Waals surface area (Å²) in [5.74, 6) is -1.39. The number of urea groups is 1. The van der Waals surface area contributed by atoms with Crippen molar-refractivity contribution in [1.82, 2.24) is 20.0 Å². The number of aliphatic carboxylic acids is 1. The molecule has 0 aliphatic carbocycles. The minimum Gasteiger partial charge on any atom is -0.479 e. The Bertz CT molecular complexity index is 469. The first kappa shape index (κ1) is 15.0. The van der Waals surface area contributed by atoms with Crippen LogP contribution in [0.4, 0.5) is 4.79 Å². The highest BCUT2D eigenvalue weighted by Gasteiger charge is 2.30. The Morgan fingerprint density at radius 3 is 2.68 bits per heavy atom. The van der Waals surface area contributed by atoms with Crippen LogP contribution < -0.4 is 5.32 Å². The van der Waals surface area contributed by atoms with Crippen molar-refractivity contribution in [1.29, 1.82) is 0 Å². The summed E-state index contributed by atoms with van der Waals surface area (Å²) in [7, 11) is 3.34. The highest BCUT2D eigenvalue weighted by atomic mass is 16.4. The van der Waals surface area contributed by atoms with E-state index in [1.54, 1.807) is 31.2 Å². The Kier molecular flexibility index (Phi) is 4.49. The van der Waals surface area contributed by atoms with Crippen molar-refractivity contribution in [2.45, 2.75) is 19.1 Å². The molecule has 3 N–H and O–H groups in total. The fourth-order valence-electron chi connectivity index (χ4n) is 1.36. The third-order valence-electron chi connectivity index (χ3n) is 2.57. The van der Waals surface area contributed by atoms with Gasteiger partial charge in [-0.3, -0.25) is 4.68 Å². The number of carbonyl (C=O) groups excluding carboxylic acids is 1. The highest BCUT2D eigenvalue weighted by Crippen LogP contribution is 2.03. The molecule has 0 fully saturated rings. The first-order valence-corrected chi connectivity index (χ1v) is 5.64. The predicted molar refractivity (Wildman–Crippen MR) is 66.3 cm³/mol. The quantitative estimate of drug-likeness (QED) is 0.662. The van der Waals surface area contributed by atoms with Gasteiger partial charge in [0, 0.05) is 25.9 Å². The number of aromatic nitrogens is 2. The lowest BCUT2D eigenvalue weighted by atomic mass is 10.1. The van der Waals surface area contributed by atoms with E-state index < -0.39 is 17.6 Å². The van der Waals surface area contributed by atoms with Gasteiger partial charge in [0.05, 0.1) is 19.3 Å². The maximum Gasteiger partial charge on any atom is 0.337 e. The van der Waals surface area contributed by atoms with Crippen LogP contribution in [0.15, 0.2) is 12.4 Å². The number of rotatable bonds is 5. The Balaban J connectivity index is 2.47. The smallest absolute Gasteiger partial charge is 0.337 e. The number of hydrogen-bond donors (Lipinski definition) is 3. The molecule has 1 unspecified atom stereocenters. The lowest BCUT2D eigenvalue weighted by molar-refractivity contribution is -0.155. The first-order valence-electron chi connectivity index (χ1n) is 5.64. The van der Waals surface area contributed by atoms with Gasteiger partial charge in [0.2, 0.25) is 0 Å². The molecule has 2 amide bonds. The Hall–Kier alpha value is -2.09. The van der Waals surface area contributed by atoms with Crippen molar-refractivity contribution in [3.63, 3.8) is 0 Å². The van der Waals surface area contributed by atoms with E-state index in [0.717, 1.165) is 12.5 Å². The lowest BCUT2D eigenvalue weighted by Crippen LogP contribution is -2.49. The number of carboxylic acids is 1. The van der Waals surface area contributed by atoms with E-state index in [1.807, 2.05) is 0 Å². The molecular weight excluding hydrogens is 252 g/mol. The van der Waals surface area contributed by atoms with Gasteiger partial charge in [-0.2, -0.15) is 5.10 Å². The van der Waals surface area contributed by atoms with Crippen molar-refractivity contribution in [3.05, 3.63) is 18.0 Å². The largest absolute Gasteiger partial charge is 0.479 e. The van der Waals surface area contributed by atoms with Crippen LogP contribution in [0.2, 0.25) is 0 Å². The second kappa shape index (κ2) is 5.70. The zero-order chi connectivity index (χ0) is 14.6. The van der Waals surface area contributed by atoms with Crippen molar-refractivity contribution >= 4 is 12.0 Å². The first-order chi connectivity index (χ1) is 8.72. The molecule has 1 atom stereocenters. The van der Waals surface area contributed by atoms with Gasteiger partial charge in [-0.25, -0.2) is 9.59 Å². The summed E-state index contributed by atoms with van der Waals surface area (Å²) in [5.41, 5.74) is -1.13. The molecule has 1 aromatic heterocycles. The molecule has 0 aromatic carbocycles. The molecular formula is C11H18N4O4. The van der Waals surface area contributed by atoms with Gasteiger partial charge in [-0.05, 0) is 6.92 Å². The molecule has 8 nitrogen and oxygen atoms in total. The van der Waals surface area contributed by atoms with E-state index in [-0.39, 0.29) is 6.54 Å². The van der Waals surface area contributed by atoms with Crippen molar-refractivity contribution < 1.29 is 19.8 Å². The summed E-state index contributed by atoms with van der Waals surface area (Å²) in [6.07, 6.45) is 3.41. The van der Waals surface area contributed by atoms with Crippen molar-refractivity contribution in [2.75, 3.05) is 13.6 Å². The Labute approximate surface area is 110 Å². The van der Waals surface area contributed by atoms with Gasteiger partial charge in [0.15, 0.2) is 5.60 Å². The van der Waals surface area contributed by atoms with Crippen LogP contribution in [0.1, 0.15) is 12.5 Å². The molecule has 0 aliphatic heterocycles. The van der Waals surface area contributed by atoms with Crippen LogP contribution in [0.25, 0.3) is 0 Å². The Morgan fingerprint density at radius 1 is 1.58 bits per heavy atom. The number of carboxylic acid groups (broad SMARTS) is 1. The van der Waals surface area contributed by atoms with Gasteiger partial charge in [0.1, 0.15) is 0 Å². The van der Waals surface area contributed by atoms with Gasteiger partial charge in [-0.1, -0.05) is 0 Å². The second-order valence-electron chi connectivity index (χ2n) is 4.62. The molecule has 106 valence electrons. The molecule has 0 saturated carbocycles. The van der Waals surface area contributed by atoms with E-state index in [4.69, 9.17) is 5.11 Å². The third-order valence-corrected chi connectivity index (χ3v) is 2.57. The molecule has 1 aromatic rings. The maximum absolute atomic E-state index is 11.7. The average molecular weight is 270 g/mol. The van der Waals surface area contributed by atoms with Gasteiger partial charge >= 0.3 is 12.0 Å². The fraction of sp³-hybridized carbons (Fsp3) is 0.545. The Morgan fingerprint density at radius 2 is 2.21 bits per heavy atom. The topological polar surface area (TPSA) is 108 Å². The molecule has 1 heterocycles. The summed E-state index contributed by atoms with van der Waals surface area (Å²) in [4.78, 5) is 23.7. The van der Waals surface area contributed by atoms with Crippen LogP contribution in [0.3, 0.4) is 0 Å². The fourth-order valence-corrected chi connectivity index (χ4v) is 1.36. The van der Waals surface area contributed by atoms with E-state index in [9.17, 15) is 14.7 Å². The zero-order valence-corrected chi connectivity index (χ0v) is 11.1. The van der Waals surface area contributed by atoms with Crippen LogP contribution in [-0.2, 0) is 18.4 Å². The number of hydrogen-bond acceptors (Lipinski definition) is 4. The number of amides is 2.